The van der Waals surface area contributed by atoms with Gasteiger partial charge in [0.15, 0.2) is 11.5 Å². The summed E-state index contributed by atoms with van der Waals surface area (Å²) >= 11 is 0. The van der Waals surface area contributed by atoms with Gasteiger partial charge in [-0.2, -0.15) is 5.90 Å². The Morgan fingerprint density at radius 1 is 1.18 bits per heavy atom. The van der Waals surface area contributed by atoms with Crippen molar-refractivity contribution >= 4 is 30.0 Å². The highest BCUT2D eigenvalue weighted by molar-refractivity contribution is 5.87. The van der Waals surface area contributed by atoms with Crippen molar-refractivity contribution in [3.63, 3.8) is 0 Å². The van der Waals surface area contributed by atoms with Gasteiger partial charge in [-0.05, 0) is 43.5 Å². The van der Waals surface area contributed by atoms with Crippen LogP contribution >= 0.6 is 0 Å². The Bertz CT molecular complexity index is 1090. The normalized spacial score (nSPS) is 14.7. The van der Waals surface area contributed by atoms with Crippen LogP contribution in [0, 0.1) is 5.92 Å². The van der Waals surface area contributed by atoms with Crippen LogP contribution in [0.25, 0.3) is 6.08 Å². The first-order chi connectivity index (χ1) is 19.1. The standard InChI is InChI=1S/C27H37N3O10/c1-17(26(34)40-28)5-8-21(30-19(3)32)18(2)22(11-13-31)39-27(35)29-12-4-14-36-25(33)10-7-20-6-9-23-24(15-20)38-16-37-23/h5-7,9-10,15,18,21-22,31H,4,8,11-14,16,28H2,1-3H3,(H,29,35)(H,30,32)/b10-7+,17-5+/t18-,21-,22-/m1/s1. The first-order valence-electron chi connectivity index (χ1n) is 12.8. The monoisotopic (exact) mass is 563 g/mol. The third-order valence-electron chi connectivity index (χ3n) is 6.03. The average molecular weight is 564 g/mol. The second kappa shape index (κ2) is 16.8. The zero-order valence-electron chi connectivity index (χ0n) is 22.8. The number of hydrogen-bond acceptors (Lipinski definition) is 11. The third kappa shape index (κ3) is 10.9. The topological polar surface area (TPSA) is 185 Å². The average Bonchev–Trinajstić information content (AvgIpc) is 3.40. The molecule has 1 aliphatic heterocycles. The molecule has 0 saturated heterocycles. The van der Waals surface area contributed by atoms with Crippen LogP contribution in [-0.2, 0) is 28.7 Å². The summed E-state index contributed by atoms with van der Waals surface area (Å²) in [6, 6.07) is 4.78. The van der Waals surface area contributed by atoms with Crippen molar-refractivity contribution in [1.82, 2.24) is 10.6 Å². The number of fused-ring (bicyclic) bond motifs is 1. The van der Waals surface area contributed by atoms with Gasteiger partial charge < -0.3 is 39.5 Å². The summed E-state index contributed by atoms with van der Waals surface area (Å²) in [6.45, 7) is 4.79. The number of esters is 1. The minimum Gasteiger partial charge on any atom is -0.462 e. The molecule has 0 radical (unpaired) electrons. The molecule has 220 valence electrons. The van der Waals surface area contributed by atoms with Gasteiger partial charge in [0.1, 0.15) is 6.10 Å². The predicted molar refractivity (Wildman–Crippen MR) is 143 cm³/mol. The number of amides is 2. The maximum atomic E-state index is 12.4. The number of ether oxygens (including phenoxy) is 4. The largest absolute Gasteiger partial charge is 0.462 e. The molecule has 3 atom stereocenters. The first kappa shape index (κ1) is 32.1. The van der Waals surface area contributed by atoms with Gasteiger partial charge in [-0.1, -0.05) is 19.1 Å². The van der Waals surface area contributed by atoms with Crippen molar-refractivity contribution in [2.24, 2.45) is 11.8 Å². The number of hydrogen-bond donors (Lipinski definition) is 4. The second-order valence-electron chi connectivity index (χ2n) is 9.04. The molecule has 0 aliphatic carbocycles. The lowest BCUT2D eigenvalue weighted by Gasteiger charge is -2.30. The Morgan fingerprint density at radius 2 is 1.93 bits per heavy atom. The molecule has 1 aromatic rings. The van der Waals surface area contributed by atoms with Crippen molar-refractivity contribution in [3.8, 4) is 11.5 Å². The quantitative estimate of drug-likeness (QED) is 0.105. The molecule has 0 saturated carbocycles. The van der Waals surface area contributed by atoms with E-state index in [1.54, 1.807) is 37.3 Å². The van der Waals surface area contributed by atoms with Gasteiger partial charge in [0.05, 0.1) is 6.61 Å². The Balaban J connectivity index is 1.78. The SMILES string of the molecule is CC(=O)N[C@H](C/C=C(\C)C(=O)ON)[C@@H](C)[C@@H](CCO)OC(=O)NCCCOC(=O)/C=C/c1ccc2c(c1)OCO2. The van der Waals surface area contributed by atoms with E-state index in [4.69, 9.17) is 24.8 Å². The van der Waals surface area contributed by atoms with Crippen LogP contribution in [0.3, 0.4) is 0 Å². The van der Waals surface area contributed by atoms with E-state index in [-0.39, 0.29) is 50.9 Å². The fraction of sp³-hybridized carbons (Fsp3) is 0.481. The number of aliphatic hydroxyl groups excluding tert-OH is 1. The van der Waals surface area contributed by atoms with Crippen molar-refractivity contribution < 1.29 is 48.1 Å². The van der Waals surface area contributed by atoms with Crippen LogP contribution < -0.4 is 26.0 Å². The fourth-order valence-corrected chi connectivity index (χ4v) is 3.81. The van der Waals surface area contributed by atoms with Crippen LogP contribution in [0.5, 0.6) is 11.5 Å². The van der Waals surface area contributed by atoms with Gasteiger partial charge >= 0.3 is 18.0 Å². The molecule has 1 aromatic carbocycles. The lowest BCUT2D eigenvalue weighted by molar-refractivity contribution is -0.139. The molecule has 40 heavy (non-hydrogen) atoms. The summed E-state index contributed by atoms with van der Waals surface area (Å²) < 4.78 is 21.2. The fourth-order valence-electron chi connectivity index (χ4n) is 3.81. The summed E-state index contributed by atoms with van der Waals surface area (Å²) in [4.78, 5) is 51.8. The van der Waals surface area contributed by atoms with Crippen molar-refractivity contribution in [1.29, 1.82) is 0 Å². The van der Waals surface area contributed by atoms with Gasteiger partial charge in [0.2, 0.25) is 12.7 Å². The lowest BCUT2D eigenvalue weighted by atomic mass is 9.90. The summed E-state index contributed by atoms with van der Waals surface area (Å²) in [5.74, 6) is 4.18. The smallest absolute Gasteiger partial charge is 0.407 e. The molecule has 0 aromatic heterocycles. The van der Waals surface area contributed by atoms with E-state index in [2.05, 4.69) is 15.5 Å². The first-order valence-corrected chi connectivity index (χ1v) is 12.8. The zero-order valence-corrected chi connectivity index (χ0v) is 22.8. The van der Waals surface area contributed by atoms with E-state index in [0.29, 0.717) is 17.9 Å². The van der Waals surface area contributed by atoms with E-state index >= 15 is 0 Å². The lowest BCUT2D eigenvalue weighted by Crippen LogP contribution is -2.45. The number of rotatable bonds is 15. The van der Waals surface area contributed by atoms with Crippen molar-refractivity contribution in [3.05, 3.63) is 41.5 Å². The summed E-state index contributed by atoms with van der Waals surface area (Å²) in [6.07, 6.45) is 3.70. The minimum atomic E-state index is -0.740. The van der Waals surface area contributed by atoms with Crippen LogP contribution in [0.1, 0.15) is 45.6 Å². The third-order valence-corrected chi connectivity index (χ3v) is 6.03. The number of benzene rings is 1. The van der Waals surface area contributed by atoms with E-state index < -0.39 is 36.1 Å². The molecule has 0 unspecified atom stereocenters. The highest BCUT2D eigenvalue weighted by atomic mass is 16.7. The molecule has 13 nitrogen and oxygen atoms in total. The molecule has 1 aliphatic rings. The second-order valence-corrected chi connectivity index (χ2v) is 9.04. The van der Waals surface area contributed by atoms with Crippen LogP contribution in [0.4, 0.5) is 4.79 Å². The highest BCUT2D eigenvalue weighted by Crippen LogP contribution is 2.32. The van der Waals surface area contributed by atoms with Crippen LogP contribution in [-0.4, -0.2) is 67.7 Å². The number of nitrogens with two attached hydrogens (primary N) is 1. The number of nitrogens with one attached hydrogen (secondary N) is 2. The Hall–Kier alpha value is -4.10. The molecule has 1 heterocycles. The maximum absolute atomic E-state index is 12.4. The van der Waals surface area contributed by atoms with Gasteiger partial charge in [-0.15, -0.1) is 0 Å². The van der Waals surface area contributed by atoms with Gasteiger partial charge in [-0.3, -0.25) is 4.79 Å². The molecule has 2 amide bonds. The van der Waals surface area contributed by atoms with Crippen LogP contribution in [0.15, 0.2) is 35.9 Å². The molecule has 2 rings (SSSR count). The van der Waals surface area contributed by atoms with Crippen molar-refractivity contribution in [2.75, 3.05) is 26.6 Å². The number of carbonyl (C=O) groups excluding carboxylic acids is 4. The molecule has 13 heteroatoms. The molecule has 0 spiro atoms. The van der Waals surface area contributed by atoms with Gasteiger partial charge in [0, 0.05) is 50.1 Å². The molecule has 0 fully saturated rings. The van der Waals surface area contributed by atoms with E-state index in [1.165, 1.54) is 19.9 Å². The van der Waals surface area contributed by atoms with Gasteiger partial charge in [0.25, 0.3) is 0 Å². The number of alkyl carbamates (subject to hydrolysis) is 1. The van der Waals surface area contributed by atoms with Crippen molar-refractivity contribution in [2.45, 2.75) is 52.2 Å². The summed E-state index contributed by atoms with van der Waals surface area (Å²) in [5.41, 5.74) is 1.01. The number of aliphatic hydroxyl groups is 1. The zero-order chi connectivity index (χ0) is 29.5. The molecule has 5 N–H and O–H groups in total. The molecular formula is C27H37N3O10. The molecule has 0 bridgehead atoms. The van der Waals surface area contributed by atoms with Crippen LogP contribution in [0.2, 0.25) is 0 Å². The Morgan fingerprint density at radius 3 is 2.62 bits per heavy atom. The van der Waals surface area contributed by atoms with E-state index in [0.717, 1.165) is 5.56 Å². The van der Waals surface area contributed by atoms with Gasteiger partial charge in [-0.25, -0.2) is 14.4 Å². The Labute approximate surface area is 232 Å². The maximum Gasteiger partial charge on any atom is 0.407 e. The number of carbonyl (C=O) groups is 4. The highest BCUT2D eigenvalue weighted by Gasteiger charge is 2.29. The Kier molecular flexibility index (Phi) is 13.5. The van der Waals surface area contributed by atoms with E-state index in [1.807, 2.05) is 0 Å². The van der Waals surface area contributed by atoms with E-state index in [9.17, 15) is 24.3 Å². The summed E-state index contributed by atoms with van der Waals surface area (Å²) in [7, 11) is 0. The molecular weight excluding hydrogens is 526 g/mol. The minimum absolute atomic E-state index is 0.0720. The summed E-state index contributed by atoms with van der Waals surface area (Å²) in [5, 5.41) is 14.9. The predicted octanol–water partition coefficient (Wildman–Crippen LogP) is 1.73.